The van der Waals surface area contributed by atoms with Gasteiger partial charge in [0, 0.05) is 25.3 Å². The first kappa shape index (κ1) is 15.5. The summed E-state index contributed by atoms with van der Waals surface area (Å²) in [6, 6.07) is 8.08. The van der Waals surface area contributed by atoms with Crippen molar-refractivity contribution < 1.29 is 4.79 Å². The molecule has 0 fully saturated rings. The van der Waals surface area contributed by atoms with E-state index in [4.69, 9.17) is 0 Å². The predicted octanol–water partition coefficient (Wildman–Crippen LogP) is 2.19. The maximum atomic E-state index is 12.0. The van der Waals surface area contributed by atoms with Gasteiger partial charge < -0.3 is 15.5 Å². The zero-order valence-electron chi connectivity index (χ0n) is 12.4. The number of carbonyl (C=O) groups is 1. The number of nitrogens with one attached hydrogen (secondary N) is 2. The molecule has 0 heterocycles. The summed E-state index contributed by atoms with van der Waals surface area (Å²) in [5, 5.41) is 5.99. The fourth-order valence-corrected chi connectivity index (χ4v) is 1.78. The molecule has 0 aromatic heterocycles. The maximum Gasteiger partial charge on any atom is 0.253 e. The summed E-state index contributed by atoms with van der Waals surface area (Å²) < 4.78 is 0. The van der Waals surface area contributed by atoms with Crippen LogP contribution in [-0.4, -0.2) is 44.0 Å². The Morgan fingerprint density at radius 3 is 2.63 bits per heavy atom. The summed E-state index contributed by atoms with van der Waals surface area (Å²) in [5.74, 6) is -0.0165. The van der Waals surface area contributed by atoms with E-state index in [0.717, 1.165) is 18.7 Å². The van der Waals surface area contributed by atoms with E-state index in [1.54, 1.807) is 0 Å². The Morgan fingerprint density at radius 2 is 2.00 bits per heavy atom. The first-order chi connectivity index (χ1) is 9.06. The molecule has 2 N–H and O–H groups in total. The van der Waals surface area contributed by atoms with Crippen molar-refractivity contribution in [2.45, 2.75) is 26.3 Å². The fourth-order valence-electron chi connectivity index (χ4n) is 1.78. The van der Waals surface area contributed by atoms with Gasteiger partial charge in [-0.3, -0.25) is 4.79 Å². The van der Waals surface area contributed by atoms with Crippen molar-refractivity contribution in [1.82, 2.24) is 10.2 Å². The van der Waals surface area contributed by atoms with Gasteiger partial charge in [0.25, 0.3) is 5.91 Å². The Morgan fingerprint density at radius 1 is 1.32 bits per heavy atom. The average molecular weight is 263 g/mol. The second kappa shape index (κ2) is 7.79. The molecule has 0 saturated heterocycles. The lowest BCUT2D eigenvalue weighted by Gasteiger charge is -2.20. The normalized spacial score (nSPS) is 10.8. The average Bonchev–Trinajstić information content (AvgIpc) is 2.42. The molecular weight excluding hydrogens is 238 g/mol. The van der Waals surface area contributed by atoms with Gasteiger partial charge in [-0.1, -0.05) is 12.1 Å². The first-order valence-electron chi connectivity index (χ1n) is 6.81. The number of carbonyl (C=O) groups excluding carboxylic acids is 1. The van der Waals surface area contributed by atoms with Crippen molar-refractivity contribution in [3.8, 4) is 0 Å². The van der Waals surface area contributed by atoms with Gasteiger partial charge in [-0.25, -0.2) is 0 Å². The summed E-state index contributed by atoms with van der Waals surface area (Å²) in [6.45, 7) is 6.03. The third-order valence-electron chi connectivity index (χ3n) is 3.30. The van der Waals surface area contributed by atoms with E-state index < -0.39 is 0 Å². The molecule has 0 bridgehead atoms. The molecule has 0 aliphatic heterocycles. The van der Waals surface area contributed by atoms with Crippen LogP contribution >= 0.6 is 0 Å². The van der Waals surface area contributed by atoms with Crippen molar-refractivity contribution in [3.63, 3.8) is 0 Å². The topological polar surface area (TPSA) is 44.4 Å². The Labute approximate surface area is 116 Å². The van der Waals surface area contributed by atoms with E-state index >= 15 is 0 Å². The van der Waals surface area contributed by atoms with Gasteiger partial charge in [0.1, 0.15) is 0 Å². The highest BCUT2D eigenvalue weighted by molar-refractivity contribution is 5.99. The van der Waals surface area contributed by atoms with E-state index in [-0.39, 0.29) is 5.91 Å². The minimum Gasteiger partial charge on any atom is -0.387 e. The van der Waals surface area contributed by atoms with Crippen LogP contribution in [0.4, 0.5) is 5.69 Å². The van der Waals surface area contributed by atoms with E-state index in [9.17, 15) is 4.79 Å². The number of rotatable bonds is 7. The second-order valence-corrected chi connectivity index (χ2v) is 4.98. The number of anilines is 1. The monoisotopic (exact) mass is 263 g/mol. The summed E-state index contributed by atoms with van der Waals surface area (Å²) in [5.41, 5.74) is 1.56. The highest BCUT2D eigenvalue weighted by atomic mass is 16.1. The molecule has 106 valence electrons. The van der Waals surface area contributed by atoms with Crippen molar-refractivity contribution in [3.05, 3.63) is 29.8 Å². The lowest BCUT2D eigenvalue weighted by molar-refractivity contribution is 0.0952. The van der Waals surface area contributed by atoms with E-state index in [2.05, 4.69) is 36.4 Å². The molecule has 1 rings (SSSR count). The molecule has 0 radical (unpaired) electrons. The Kier molecular flexibility index (Phi) is 6.36. The number of hydrogen-bond acceptors (Lipinski definition) is 3. The highest BCUT2D eigenvalue weighted by Crippen LogP contribution is 2.13. The fraction of sp³-hybridized carbons (Fsp3) is 0.533. The van der Waals surface area contributed by atoms with Gasteiger partial charge in [-0.2, -0.15) is 0 Å². The van der Waals surface area contributed by atoms with E-state index in [1.807, 2.05) is 31.3 Å². The number of para-hydroxylation sites is 1. The molecule has 1 aromatic rings. The van der Waals surface area contributed by atoms with Crippen LogP contribution in [0.1, 0.15) is 30.6 Å². The number of hydrogen-bond donors (Lipinski definition) is 2. The molecule has 1 amide bonds. The number of nitrogens with zero attached hydrogens (tertiary/aromatic N) is 1. The predicted molar refractivity (Wildman–Crippen MR) is 80.7 cm³/mol. The molecule has 0 unspecified atom stereocenters. The molecular formula is C15H25N3O. The quantitative estimate of drug-likeness (QED) is 0.741. The summed E-state index contributed by atoms with van der Waals surface area (Å²) >= 11 is 0. The molecule has 1 aromatic carbocycles. The molecule has 19 heavy (non-hydrogen) atoms. The first-order valence-corrected chi connectivity index (χ1v) is 6.81. The maximum absolute atomic E-state index is 12.0. The van der Waals surface area contributed by atoms with Gasteiger partial charge in [0.15, 0.2) is 0 Å². The van der Waals surface area contributed by atoms with E-state index in [1.165, 1.54) is 0 Å². The second-order valence-electron chi connectivity index (χ2n) is 4.98. The standard InChI is InChI=1S/C15H25N3O/c1-12(2)18(4)11-7-10-17-15(19)13-8-5-6-9-14(13)16-3/h5-6,8-9,12,16H,7,10-11H2,1-4H3,(H,17,19). The van der Waals surface area contributed by atoms with Crippen LogP contribution in [0.3, 0.4) is 0 Å². The van der Waals surface area contributed by atoms with Gasteiger partial charge in [-0.15, -0.1) is 0 Å². The smallest absolute Gasteiger partial charge is 0.253 e. The Bertz CT molecular complexity index is 404. The highest BCUT2D eigenvalue weighted by Gasteiger charge is 2.09. The van der Waals surface area contributed by atoms with Crippen molar-refractivity contribution in [2.75, 3.05) is 32.5 Å². The Balaban J connectivity index is 2.39. The van der Waals surface area contributed by atoms with Gasteiger partial charge in [-0.05, 0) is 46.0 Å². The number of amides is 1. The van der Waals surface area contributed by atoms with Crippen LogP contribution in [0.5, 0.6) is 0 Å². The SMILES string of the molecule is CNc1ccccc1C(=O)NCCCN(C)C(C)C. The molecule has 4 nitrogen and oxygen atoms in total. The Hall–Kier alpha value is -1.55. The minimum absolute atomic E-state index is 0.0165. The van der Waals surface area contributed by atoms with Gasteiger partial charge >= 0.3 is 0 Å². The zero-order valence-corrected chi connectivity index (χ0v) is 12.4. The van der Waals surface area contributed by atoms with Crippen LogP contribution in [-0.2, 0) is 0 Å². The summed E-state index contributed by atoms with van der Waals surface area (Å²) in [6.07, 6.45) is 0.960. The third-order valence-corrected chi connectivity index (χ3v) is 3.30. The summed E-state index contributed by atoms with van der Waals surface area (Å²) in [7, 11) is 3.92. The molecule has 0 saturated carbocycles. The number of benzene rings is 1. The van der Waals surface area contributed by atoms with Crippen molar-refractivity contribution >= 4 is 11.6 Å². The van der Waals surface area contributed by atoms with Gasteiger partial charge in [0.2, 0.25) is 0 Å². The van der Waals surface area contributed by atoms with Crippen molar-refractivity contribution in [1.29, 1.82) is 0 Å². The lowest BCUT2D eigenvalue weighted by Crippen LogP contribution is -2.31. The zero-order chi connectivity index (χ0) is 14.3. The van der Waals surface area contributed by atoms with Crippen LogP contribution in [0.15, 0.2) is 24.3 Å². The third kappa shape index (κ3) is 4.91. The molecule has 4 heteroatoms. The minimum atomic E-state index is -0.0165. The molecule has 0 atom stereocenters. The molecule has 0 spiro atoms. The largest absolute Gasteiger partial charge is 0.387 e. The van der Waals surface area contributed by atoms with Crippen LogP contribution in [0.2, 0.25) is 0 Å². The molecule has 0 aliphatic rings. The van der Waals surface area contributed by atoms with Crippen molar-refractivity contribution in [2.24, 2.45) is 0 Å². The van der Waals surface area contributed by atoms with Crippen LogP contribution < -0.4 is 10.6 Å². The lowest BCUT2D eigenvalue weighted by atomic mass is 10.1. The molecule has 0 aliphatic carbocycles. The van der Waals surface area contributed by atoms with Gasteiger partial charge in [0.05, 0.1) is 5.56 Å². The van der Waals surface area contributed by atoms with Crippen LogP contribution in [0, 0.1) is 0 Å². The van der Waals surface area contributed by atoms with Crippen LogP contribution in [0.25, 0.3) is 0 Å². The summed E-state index contributed by atoms with van der Waals surface area (Å²) in [4.78, 5) is 14.3. The van der Waals surface area contributed by atoms with E-state index in [0.29, 0.717) is 18.2 Å².